The second kappa shape index (κ2) is 11.5. The number of carbonyl (C=O) groups excluding carboxylic acids is 3. The summed E-state index contributed by atoms with van der Waals surface area (Å²) in [7, 11) is 1.31. The number of fused-ring (bicyclic) bond motifs is 6. The number of hydrogen-bond acceptors (Lipinski definition) is 7. The minimum atomic E-state index is -1.19. The quantitative estimate of drug-likeness (QED) is 0.287. The van der Waals surface area contributed by atoms with Crippen molar-refractivity contribution in [3.63, 3.8) is 0 Å². The maximum atomic E-state index is 12.8. The molecule has 3 saturated carbocycles. The number of nitrogens with zero attached hydrogens (tertiary/aromatic N) is 1. The Morgan fingerprint density at radius 2 is 1.86 bits per heavy atom. The van der Waals surface area contributed by atoms with Crippen LogP contribution in [0.5, 0.6) is 0 Å². The van der Waals surface area contributed by atoms with Gasteiger partial charge in [0.15, 0.2) is 12.4 Å². The van der Waals surface area contributed by atoms with Gasteiger partial charge in [0.05, 0.1) is 12.8 Å². The van der Waals surface area contributed by atoms with Gasteiger partial charge < -0.3 is 25.0 Å². The molecule has 0 spiro atoms. The summed E-state index contributed by atoms with van der Waals surface area (Å²) in [5.74, 6) is 0.366. The first kappa shape index (κ1) is 30.6. The Hall–Kier alpha value is -3.46. The highest BCUT2D eigenvalue weighted by atomic mass is 16.6. The first-order valence-electron chi connectivity index (χ1n) is 16.1. The van der Waals surface area contributed by atoms with Crippen molar-refractivity contribution in [2.75, 3.05) is 13.7 Å². The molecule has 1 aromatic carbocycles. The predicted molar refractivity (Wildman–Crippen MR) is 167 cm³/mol. The van der Waals surface area contributed by atoms with Crippen LogP contribution < -0.4 is 5.32 Å². The maximum Gasteiger partial charge on any atom is 0.328 e. The number of ether oxygens (including phenoxy) is 1. The van der Waals surface area contributed by atoms with Crippen LogP contribution in [-0.2, 0) is 30.4 Å². The highest BCUT2D eigenvalue weighted by molar-refractivity contribution is 5.96. The second-order valence-electron chi connectivity index (χ2n) is 14.0. The Morgan fingerprint density at radius 1 is 1.09 bits per heavy atom. The lowest BCUT2D eigenvalue weighted by Crippen LogP contribution is -2.57. The number of ketones is 1. The Bertz CT molecular complexity index is 1530. The fourth-order valence-corrected chi connectivity index (χ4v) is 9.50. The standard InChI is InChI=1S/C35H45N3O6/c1-21(39)35(42)16-13-28-26-10-9-23-18-24(11-14-33(23,2)27(26)12-15-34(28,35)3)38-44-20-31(40)37-30(32(41)43-4)17-22-19-36-29-8-6-5-7-25(22)29/h5-8,18-19,26-28,30,36,42H,9-17,20H2,1-4H3,(H,37,40)/b38-24-/t26-,27+,28+,30+,33+,34+,35+/m1/s1. The van der Waals surface area contributed by atoms with Crippen LogP contribution in [-0.4, -0.2) is 58.8 Å². The van der Waals surface area contributed by atoms with Crippen molar-refractivity contribution in [2.45, 2.75) is 90.2 Å². The number of allylic oxidation sites excluding steroid dienone is 2. The molecular weight excluding hydrogens is 558 g/mol. The Morgan fingerprint density at radius 3 is 2.64 bits per heavy atom. The minimum absolute atomic E-state index is 0.0632. The molecule has 3 fully saturated rings. The maximum absolute atomic E-state index is 12.8. The van der Waals surface area contributed by atoms with E-state index in [1.807, 2.05) is 30.5 Å². The lowest BCUT2D eigenvalue weighted by Gasteiger charge is -2.59. The van der Waals surface area contributed by atoms with Crippen LogP contribution in [0.2, 0.25) is 0 Å². The predicted octanol–water partition coefficient (Wildman–Crippen LogP) is 5.02. The monoisotopic (exact) mass is 603 g/mol. The van der Waals surface area contributed by atoms with Crippen molar-refractivity contribution < 1.29 is 29.1 Å². The third-order valence-electron chi connectivity index (χ3n) is 12.0. The third kappa shape index (κ3) is 4.97. The molecule has 236 valence electrons. The van der Waals surface area contributed by atoms with Crippen molar-refractivity contribution >= 4 is 34.3 Å². The summed E-state index contributed by atoms with van der Waals surface area (Å²) >= 11 is 0. The number of oxime groups is 1. The molecule has 9 heteroatoms. The summed E-state index contributed by atoms with van der Waals surface area (Å²) in [5.41, 5.74) is 2.63. The number of nitrogens with one attached hydrogen (secondary N) is 2. The number of H-pyrrole nitrogens is 1. The number of para-hydroxylation sites is 1. The lowest BCUT2D eigenvalue weighted by atomic mass is 9.46. The van der Waals surface area contributed by atoms with Gasteiger partial charge in [0.25, 0.3) is 5.91 Å². The van der Waals surface area contributed by atoms with Gasteiger partial charge in [0, 0.05) is 28.9 Å². The smallest absolute Gasteiger partial charge is 0.328 e. The van der Waals surface area contributed by atoms with Crippen LogP contribution >= 0.6 is 0 Å². The van der Waals surface area contributed by atoms with E-state index in [2.05, 4.69) is 35.4 Å². The number of hydrogen-bond donors (Lipinski definition) is 3. The van der Waals surface area contributed by atoms with Gasteiger partial charge in [-0.15, -0.1) is 0 Å². The van der Waals surface area contributed by atoms with Gasteiger partial charge in [-0.1, -0.05) is 42.8 Å². The van der Waals surface area contributed by atoms with Gasteiger partial charge in [0.1, 0.15) is 11.6 Å². The van der Waals surface area contributed by atoms with Crippen LogP contribution in [0.15, 0.2) is 47.3 Å². The molecule has 1 aromatic heterocycles. The number of aromatic nitrogens is 1. The van der Waals surface area contributed by atoms with E-state index in [0.717, 1.165) is 67.1 Å². The molecule has 3 N–H and O–H groups in total. The Kier molecular flexibility index (Phi) is 7.97. The summed E-state index contributed by atoms with van der Waals surface area (Å²) in [6, 6.07) is 6.96. The third-order valence-corrected chi connectivity index (χ3v) is 12.0. The number of rotatable bonds is 8. The van der Waals surface area contributed by atoms with Gasteiger partial charge in [-0.2, -0.15) is 0 Å². The number of aliphatic hydroxyl groups is 1. The van der Waals surface area contributed by atoms with E-state index in [9.17, 15) is 19.5 Å². The van der Waals surface area contributed by atoms with E-state index in [-0.39, 0.29) is 29.6 Å². The fraction of sp³-hybridized carbons (Fsp3) is 0.600. The second-order valence-corrected chi connectivity index (χ2v) is 14.0. The molecule has 0 bridgehead atoms. The molecule has 6 rings (SSSR count). The molecule has 1 amide bonds. The minimum Gasteiger partial charge on any atom is -0.467 e. The topological polar surface area (TPSA) is 130 Å². The van der Waals surface area contributed by atoms with Gasteiger partial charge in [-0.25, -0.2) is 4.79 Å². The van der Waals surface area contributed by atoms with Gasteiger partial charge in [-0.05, 0) is 99.2 Å². The number of aromatic amines is 1. The van der Waals surface area contributed by atoms with Crippen molar-refractivity contribution in [1.82, 2.24) is 10.3 Å². The van der Waals surface area contributed by atoms with E-state index < -0.39 is 23.5 Å². The van der Waals surface area contributed by atoms with Crippen LogP contribution in [0, 0.1) is 28.6 Å². The van der Waals surface area contributed by atoms with Gasteiger partial charge in [-0.3, -0.25) is 9.59 Å². The van der Waals surface area contributed by atoms with Crippen LogP contribution in [0.25, 0.3) is 10.9 Å². The molecule has 4 aliphatic carbocycles. The van der Waals surface area contributed by atoms with E-state index in [1.54, 1.807) is 6.92 Å². The summed E-state index contributed by atoms with van der Waals surface area (Å²) < 4.78 is 4.95. The van der Waals surface area contributed by atoms with Crippen LogP contribution in [0.4, 0.5) is 0 Å². The normalized spacial score (nSPS) is 34.3. The number of carbonyl (C=O) groups is 3. The fourth-order valence-electron chi connectivity index (χ4n) is 9.50. The molecule has 0 radical (unpaired) electrons. The number of esters is 1. The molecule has 1 heterocycles. The molecular formula is C35H45N3O6. The van der Waals surface area contributed by atoms with Gasteiger partial charge >= 0.3 is 5.97 Å². The van der Waals surface area contributed by atoms with Crippen molar-refractivity contribution in [3.05, 3.63) is 47.7 Å². The SMILES string of the molecule is COC(=O)[C@H](Cc1c[nH]c2ccccc12)NC(=O)CO/N=C1\C=C2CC[C@@H]3[C@H](CC[C@@]4(C)[C@H]3CC[C@]4(O)C(C)=O)[C@@]2(C)CC1. The molecule has 4 aliphatic rings. The van der Waals surface area contributed by atoms with E-state index >= 15 is 0 Å². The highest BCUT2D eigenvalue weighted by Gasteiger charge is 2.65. The van der Waals surface area contributed by atoms with Crippen molar-refractivity contribution in [1.29, 1.82) is 0 Å². The molecule has 9 nitrogen and oxygen atoms in total. The zero-order valence-corrected chi connectivity index (χ0v) is 26.3. The number of Topliss-reactive ketones (excluding diaryl/α,β-unsaturated/α-hetero) is 1. The first-order chi connectivity index (χ1) is 21.0. The number of methoxy groups -OCH3 is 1. The van der Waals surface area contributed by atoms with E-state index in [1.165, 1.54) is 12.7 Å². The molecule has 2 aromatic rings. The van der Waals surface area contributed by atoms with Crippen molar-refractivity contribution in [2.24, 2.45) is 33.7 Å². The van der Waals surface area contributed by atoms with Crippen LogP contribution in [0.3, 0.4) is 0 Å². The van der Waals surface area contributed by atoms with Gasteiger partial charge in [0.2, 0.25) is 0 Å². The first-order valence-corrected chi connectivity index (χ1v) is 16.1. The molecule has 0 unspecified atom stereocenters. The Labute approximate surface area is 258 Å². The largest absolute Gasteiger partial charge is 0.467 e. The summed E-state index contributed by atoms with van der Waals surface area (Å²) in [6.07, 6.45) is 11.4. The zero-order valence-electron chi connectivity index (χ0n) is 26.3. The number of amides is 1. The number of benzene rings is 1. The van der Waals surface area contributed by atoms with Crippen LogP contribution in [0.1, 0.15) is 77.7 Å². The van der Waals surface area contributed by atoms with E-state index in [0.29, 0.717) is 24.2 Å². The molecule has 0 aliphatic heterocycles. The molecule has 7 atom stereocenters. The highest BCUT2D eigenvalue weighted by Crippen LogP contribution is 2.67. The van der Waals surface area contributed by atoms with E-state index in [4.69, 9.17) is 9.57 Å². The lowest BCUT2D eigenvalue weighted by molar-refractivity contribution is -0.159. The summed E-state index contributed by atoms with van der Waals surface area (Å²) in [6.45, 7) is 5.80. The molecule has 0 saturated heterocycles. The molecule has 44 heavy (non-hydrogen) atoms. The summed E-state index contributed by atoms with van der Waals surface area (Å²) in [5, 5.41) is 19.5. The average Bonchev–Trinajstić information content (AvgIpc) is 3.54. The Balaban J connectivity index is 1.08. The summed E-state index contributed by atoms with van der Waals surface area (Å²) in [4.78, 5) is 46.5. The average molecular weight is 604 g/mol. The van der Waals surface area contributed by atoms with Crippen molar-refractivity contribution in [3.8, 4) is 0 Å². The zero-order chi connectivity index (χ0) is 31.3.